The molecule has 0 spiro atoms. The van der Waals surface area contributed by atoms with Gasteiger partial charge in [-0.1, -0.05) is 0 Å². The van der Waals surface area contributed by atoms with Crippen LogP contribution in [0.4, 0.5) is 5.69 Å². The highest BCUT2D eigenvalue weighted by Gasteiger charge is 2.09. The van der Waals surface area contributed by atoms with Gasteiger partial charge in [0, 0.05) is 18.0 Å². The molecule has 2 N–H and O–H groups in total. The molecule has 0 unspecified atom stereocenters. The fourth-order valence-electron chi connectivity index (χ4n) is 1.64. The van der Waals surface area contributed by atoms with Gasteiger partial charge in [-0.25, -0.2) is 0 Å². The number of aryl methyl sites for hydroxylation is 3. The number of rotatable bonds is 2. The lowest BCUT2D eigenvalue weighted by molar-refractivity contribution is 0.474. The minimum Gasteiger partial charge on any atom is -0.456 e. The van der Waals surface area contributed by atoms with Crippen LogP contribution in [0.3, 0.4) is 0 Å². The van der Waals surface area contributed by atoms with Gasteiger partial charge in [-0.3, -0.25) is 4.98 Å². The monoisotopic (exact) mass is 306 g/mol. The number of nitrogens with two attached hydrogens (primary N) is 1. The zero-order valence-corrected chi connectivity index (χ0v) is 12.2. The molecule has 3 nitrogen and oxygen atoms in total. The number of hydrogen-bond acceptors (Lipinski definition) is 3. The van der Waals surface area contributed by atoms with E-state index in [1.165, 1.54) is 0 Å². The summed E-state index contributed by atoms with van der Waals surface area (Å²) in [6.07, 6.45) is 1.73. The number of aromatic nitrogens is 1. The van der Waals surface area contributed by atoms with Crippen molar-refractivity contribution in [3.63, 3.8) is 0 Å². The standard InChI is InChI=1S/C14H15BrN2O/c1-8-7-13(9(2)6-11(8)16)18-12-4-5-17-10(3)14(12)15/h4-7H,16H2,1-3H3. The highest BCUT2D eigenvalue weighted by atomic mass is 79.9. The molecule has 1 heterocycles. The van der Waals surface area contributed by atoms with Crippen molar-refractivity contribution in [2.45, 2.75) is 20.8 Å². The van der Waals surface area contributed by atoms with Crippen LogP contribution in [0.2, 0.25) is 0 Å². The Hall–Kier alpha value is -1.55. The Balaban J connectivity index is 2.40. The molecule has 0 saturated carbocycles. The number of benzene rings is 1. The molecule has 2 rings (SSSR count). The SMILES string of the molecule is Cc1cc(Oc2ccnc(C)c2Br)c(C)cc1N. The third-order valence-electron chi connectivity index (χ3n) is 2.81. The third-order valence-corrected chi connectivity index (χ3v) is 3.78. The summed E-state index contributed by atoms with van der Waals surface area (Å²) in [4.78, 5) is 4.19. The van der Waals surface area contributed by atoms with Crippen molar-refractivity contribution in [3.05, 3.63) is 45.7 Å². The van der Waals surface area contributed by atoms with Gasteiger partial charge in [0.2, 0.25) is 0 Å². The second-order valence-electron chi connectivity index (χ2n) is 4.28. The zero-order chi connectivity index (χ0) is 13.3. The highest BCUT2D eigenvalue weighted by Crippen LogP contribution is 2.33. The van der Waals surface area contributed by atoms with Crippen LogP contribution < -0.4 is 10.5 Å². The van der Waals surface area contributed by atoms with Gasteiger partial charge in [-0.2, -0.15) is 0 Å². The van der Waals surface area contributed by atoms with Crippen LogP contribution in [0.5, 0.6) is 11.5 Å². The lowest BCUT2D eigenvalue weighted by Crippen LogP contribution is -1.95. The number of pyridine rings is 1. The Labute approximate surface area is 115 Å². The van der Waals surface area contributed by atoms with Crippen LogP contribution in [0, 0.1) is 20.8 Å². The van der Waals surface area contributed by atoms with E-state index in [1.807, 2.05) is 39.0 Å². The maximum atomic E-state index is 5.91. The lowest BCUT2D eigenvalue weighted by Gasteiger charge is -2.13. The smallest absolute Gasteiger partial charge is 0.144 e. The molecule has 0 fully saturated rings. The Morgan fingerprint density at radius 2 is 1.83 bits per heavy atom. The average Bonchev–Trinajstić information content (AvgIpc) is 2.32. The number of nitrogen functional groups attached to an aromatic ring is 1. The van der Waals surface area contributed by atoms with E-state index < -0.39 is 0 Å². The predicted molar refractivity (Wildman–Crippen MR) is 77.1 cm³/mol. The van der Waals surface area contributed by atoms with E-state index in [0.29, 0.717) is 0 Å². The number of ether oxygens (including phenoxy) is 1. The van der Waals surface area contributed by atoms with E-state index in [9.17, 15) is 0 Å². The van der Waals surface area contributed by atoms with Gasteiger partial charge in [0.25, 0.3) is 0 Å². The normalized spacial score (nSPS) is 10.4. The predicted octanol–water partition coefficient (Wildman–Crippen LogP) is 4.14. The summed E-state index contributed by atoms with van der Waals surface area (Å²) in [5.41, 5.74) is 9.57. The van der Waals surface area contributed by atoms with E-state index in [4.69, 9.17) is 10.5 Å². The van der Waals surface area contributed by atoms with Crippen LogP contribution in [-0.4, -0.2) is 4.98 Å². The number of nitrogens with zero attached hydrogens (tertiary/aromatic N) is 1. The van der Waals surface area contributed by atoms with Crippen LogP contribution in [0.1, 0.15) is 16.8 Å². The highest BCUT2D eigenvalue weighted by molar-refractivity contribution is 9.10. The molecule has 0 bridgehead atoms. The molecule has 4 heteroatoms. The van der Waals surface area contributed by atoms with Crippen molar-refractivity contribution in [1.29, 1.82) is 0 Å². The summed E-state index contributed by atoms with van der Waals surface area (Å²) < 4.78 is 6.79. The summed E-state index contributed by atoms with van der Waals surface area (Å²) in [7, 11) is 0. The van der Waals surface area contributed by atoms with Gasteiger partial charge >= 0.3 is 0 Å². The molecule has 18 heavy (non-hydrogen) atoms. The van der Waals surface area contributed by atoms with Gasteiger partial charge < -0.3 is 10.5 Å². The second-order valence-corrected chi connectivity index (χ2v) is 5.08. The van der Waals surface area contributed by atoms with Gasteiger partial charge in [0.15, 0.2) is 0 Å². The van der Waals surface area contributed by atoms with E-state index in [-0.39, 0.29) is 0 Å². The molecule has 0 radical (unpaired) electrons. The molecular formula is C14H15BrN2O. The molecule has 0 saturated heterocycles. The topological polar surface area (TPSA) is 48.1 Å². The van der Waals surface area contributed by atoms with Gasteiger partial charge in [0.1, 0.15) is 11.5 Å². The average molecular weight is 307 g/mol. The first kappa shape index (κ1) is 12.9. The maximum absolute atomic E-state index is 5.91. The van der Waals surface area contributed by atoms with Crippen molar-refractivity contribution >= 4 is 21.6 Å². The van der Waals surface area contributed by atoms with Crippen molar-refractivity contribution in [2.75, 3.05) is 5.73 Å². The van der Waals surface area contributed by atoms with E-state index in [2.05, 4.69) is 20.9 Å². The van der Waals surface area contributed by atoms with Gasteiger partial charge in [-0.15, -0.1) is 0 Å². The van der Waals surface area contributed by atoms with Gasteiger partial charge in [-0.05, 0) is 60.0 Å². The molecule has 94 valence electrons. The molecule has 0 aliphatic rings. The molecule has 1 aromatic heterocycles. The molecule has 0 amide bonds. The Kier molecular flexibility index (Phi) is 3.57. The van der Waals surface area contributed by atoms with E-state index in [1.54, 1.807) is 6.20 Å². The van der Waals surface area contributed by atoms with Crippen LogP contribution in [0.25, 0.3) is 0 Å². The molecular weight excluding hydrogens is 292 g/mol. The van der Waals surface area contributed by atoms with Crippen LogP contribution >= 0.6 is 15.9 Å². The first-order valence-corrected chi connectivity index (χ1v) is 6.44. The van der Waals surface area contributed by atoms with Crippen molar-refractivity contribution in [2.24, 2.45) is 0 Å². The second kappa shape index (κ2) is 4.98. The Morgan fingerprint density at radius 1 is 1.11 bits per heavy atom. The van der Waals surface area contributed by atoms with Gasteiger partial charge in [0.05, 0.1) is 10.2 Å². The summed E-state index contributed by atoms with van der Waals surface area (Å²) >= 11 is 3.48. The van der Waals surface area contributed by atoms with E-state index >= 15 is 0 Å². The summed E-state index contributed by atoms with van der Waals surface area (Å²) in [6, 6.07) is 5.71. The summed E-state index contributed by atoms with van der Waals surface area (Å²) in [5.74, 6) is 1.57. The number of anilines is 1. The quantitative estimate of drug-likeness (QED) is 0.848. The minimum atomic E-state index is 0.759. The van der Waals surface area contributed by atoms with Crippen molar-refractivity contribution in [3.8, 4) is 11.5 Å². The number of hydrogen-bond donors (Lipinski definition) is 1. The largest absolute Gasteiger partial charge is 0.456 e. The summed E-state index contributed by atoms with van der Waals surface area (Å²) in [5, 5.41) is 0. The summed E-state index contributed by atoms with van der Waals surface area (Å²) in [6.45, 7) is 5.87. The van der Waals surface area contributed by atoms with Crippen LogP contribution in [-0.2, 0) is 0 Å². The lowest BCUT2D eigenvalue weighted by atomic mass is 10.1. The third kappa shape index (κ3) is 2.48. The number of halogens is 1. The Morgan fingerprint density at radius 3 is 2.56 bits per heavy atom. The van der Waals surface area contributed by atoms with Crippen molar-refractivity contribution < 1.29 is 4.74 Å². The van der Waals surface area contributed by atoms with Crippen LogP contribution in [0.15, 0.2) is 28.9 Å². The Bertz CT molecular complexity index is 597. The molecule has 0 aliphatic heterocycles. The minimum absolute atomic E-state index is 0.759. The molecule has 1 aromatic carbocycles. The first-order valence-electron chi connectivity index (χ1n) is 5.64. The molecule has 0 aliphatic carbocycles. The fourth-order valence-corrected chi connectivity index (χ4v) is 1.96. The van der Waals surface area contributed by atoms with Crippen molar-refractivity contribution in [1.82, 2.24) is 4.98 Å². The maximum Gasteiger partial charge on any atom is 0.144 e. The fraction of sp³-hybridized carbons (Fsp3) is 0.214. The molecule has 2 aromatic rings. The molecule has 0 atom stereocenters. The van der Waals surface area contributed by atoms with E-state index in [0.717, 1.165) is 38.5 Å². The zero-order valence-electron chi connectivity index (χ0n) is 10.6. The first-order chi connectivity index (χ1) is 8.49.